The van der Waals surface area contributed by atoms with Gasteiger partial charge in [-0.2, -0.15) is 0 Å². The smallest absolute Gasteiger partial charge is 0.407 e. The molecule has 0 aliphatic carbocycles. The van der Waals surface area contributed by atoms with E-state index in [2.05, 4.69) is 14.9 Å². The van der Waals surface area contributed by atoms with Crippen molar-refractivity contribution < 1.29 is 19.4 Å². The molecule has 1 fully saturated rings. The van der Waals surface area contributed by atoms with Gasteiger partial charge < -0.3 is 24.4 Å². The maximum Gasteiger partial charge on any atom is 0.407 e. The van der Waals surface area contributed by atoms with E-state index in [4.69, 9.17) is 9.47 Å². The topological polar surface area (TPSA) is 110 Å². The van der Waals surface area contributed by atoms with Crippen LogP contribution in [0.15, 0.2) is 47.5 Å². The summed E-state index contributed by atoms with van der Waals surface area (Å²) in [6.45, 7) is 4.06. The normalized spacial score (nSPS) is 16.5. The lowest BCUT2D eigenvalue weighted by Gasteiger charge is -2.37. The van der Waals surface area contributed by atoms with Crippen LogP contribution in [0.2, 0.25) is 0 Å². The molecular weight excluding hydrogens is 438 g/mol. The zero-order valence-corrected chi connectivity index (χ0v) is 18.8. The average Bonchev–Trinajstić information content (AvgIpc) is 2.87. The van der Waals surface area contributed by atoms with Gasteiger partial charge in [-0.05, 0) is 42.7 Å². The molecule has 0 unspecified atom stereocenters. The van der Waals surface area contributed by atoms with Crippen molar-refractivity contribution in [1.82, 2.24) is 24.3 Å². The Hall–Kier alpha value is -3.66. The summed E-state index contributed by atoms with van der Waals surface area (Å²) in [7, 11) is 0. The van der Waals surface area contributed by atoms with Crippen molar-refractivity contribution in [3.63, 3.8) is 0 Å². The number of hydrogen-bond acceptors (Lipinski definition) is 7. The Kier molecular flexibility index (Phi) is 6.31. The van der Waals surface area contributed by atoms with Gasteiger partial charge in [0.1, 0.15) is 18.7 Å². The van der Waals surface area contributed by atoms with Crippen molar-refractivity contribution in [1.29, 1.82) is 0 Å². The molecule has 3 aromatic rings. The van der Waals surface area contributed by atoms with Gasteiger partial charge in [0.25, 0.3) is 5.56 Å². The molecule has 2 aliphatic rings. The fourth-order valence-corrected chi connectivity index (χ4v) is 4.64. The summed E-state index contributed by atoms with van der Waals surface area (Å²) in [5.74, 6) is 1.36. The van der Waals surface area contributed by atoms with Crippen LogP contribution in [0.4, 0.5) is 4.79 Å². The molecule has 1 saturated heterocycles. The van der Waals surface area contributed by atoms with E-state index in [-0.39, 0.29) is 11.6 Å². The van der Waals surface area contributed by atoms with E-state index in [0.29, 0.717) is 55.5 Å². The highest BCUT2D eigenvalue weighted by Gasteiger charge is 2.28. The summed E-state index contributed by atoms with van der Waals surface area (Å²) in [6, 6.07) is 9.17. The molecule has 2 aliphatic heterocycles. The highest BCUT2D eigenvalue weighted by molar-refractivity contribution is 5.69. The quantitative estimate of drug-likeness (QED) is 0.590. The Balaban J connectivity index is 1.20. The first kappa shape index (κ1) is 22.1. The number of nitrogens with zero attached hydrogens (tertiary/aromatic N) is 5. The van der Waals surface area contributed by atoms with Gasteiger partial charge in [0.05, 0.1) is 6.20 Å². The minimum atomic E-state index is -0.922. The first-order valence-electron chi connectivity index (χ1n) is 11.5. The molecule has 0 bridgehead atoms. The van der Waals surface area contributed by atoms with E-state index in [1.165, 1.54) is 11.1 Å². The molecular formula is C24H27N5O5. The molecule has 1 aromatic carbocycles. The van der Waals surface area contributed by atoms with Gasteiger partial charge in [-0.3, -0.25) is 9.36 Å². The van der Waals surface area contributed by atoms with Crippen LogP contribution in [0.1, 0.15) is 18.4 Å². The predicted molar refractivity (Wildman–Crippen MR) is 124 cm³/mol. The van der Waals surface area contributed by atoms with Gasteiger partial charge in [0.15, 0.2) is 17.1 Å². The van der Waals surface area contributed by atoms with E-state index in [1.807, 2.05) is 24.3 Å². The van der Waals surface area contributed by atoms with Gasteiger partial charge in [-0.1, -0.05) is 6.07 Å². The standard InChI is InChI=1S/C24H27N5O5/c30-22-15-26-19-2-1-7-25-23(19)28(22)11-10-27-8-5-18(6-9-27)29(24(31)32)16-17-3-4-20-21(14-17)34-13-12-33-20/h1-4,7,14-15,18H,5-6,8-13,16H2,(H,31,32). The second-order valence-electron chi connectivity index (χ2n) is 8.56. The maximum absolute atomic E-state index is 12.3. The third-order valence-corrected chi connectivity index (χ3v) is 6.44. The number of piperidine rings is 1. The van der Waals surface area contributed by atoms with Crippen molar-refractivity contribution in [2.45, 2.75) is 32.0 Å². The molecule has 10 nitrogen and oxygen atoms in total. The molecule has 1 amide bonds. The van der Waals surface area contributed by atoms with E-state index in [9.17, 15) is 14.7 Å². The van der Waals surface area contributed by atoms with Gasteiger partial charge in [0, 0.05) is 45.0 Å². The fourth-order valence-electron chi connectivity index (χ4n) is 4.64. The van der Waals surface area contributed by atoms with Crippen LogP contribution in [0.3, 0.4) is 0 Å². The lowest BCUT2D eigenvalue weighted by molar-refractivity contribution is 0.0855. The van der Waals surface area contributed by atoms with Crippen molar-refractivity contribution in [2.75, 3.05) is 32.8 Å². The molecule has 10 heteroatoms. The molecule has 0 atom stereocenters. The summed E-state index contributed by atoms with van der Waals surface area (Å²) in [6.07, 6.45) is 3.54. The number of carboxylic acid groups (broad SMARTS) is 1. The van der Waals surface area contributed by atoms with Gasteiger partial charge in [0.2, 0.25) is 0 Å². The van der Waals surface area contributed by atoms with Crippen LogP contribution in [-0.4, -0.2) is 74.4 Å². The van der Waals surface area contributed by atoms with Crippen LogP contribution in [0.5, 0.6) is 11.5 Å². The molecule has 178 valence electrons. The maximum atomic E-state index is 12.3. The summed E-state index contributed by atoms with van der Waals surface area (Å²) in [4.78, 5) is 36.7. The number of likely N-dealkylation sites (tertiary alicyclic amines) is 1. The Morgan fingerprint density at radius 3 is 2.68 bits per heavy atom. The number of rotatable bonds is 6. The number of benzene rings is 1. The Morgan fingerprint density at radius 2 is 1.88 bits per heavy atom. The molecule has 0 saturated carbocycles. The SMILES string of the molecule is O=C(O)N(Cc1ccc2c(c1)OCCO2)C1CCN(CCn2c(=O)cnc3cccnc32)CC1. The van der Waals surface area contributed by atoms with Gasteiger partial charge >= 0.3 is 6.09 Å². The summed E-state index contributed by atoms with van der Waals surface area (Å²) in [5.41, 5.74) is 1.99. The van der Waals surface area contributed by atoms with Crippen LogP contribution < -0.4 is 15.0 Å². The fraction of sp³-hybridized carbons (Fsp3) is 0.417. The average molecular weight is 466 g/mol. The Morgan fingerprint density at radius 1 is 1.09 bits per heavy atom. The number of aromatic nitrogens is 3. The number of fused-ring (bicyclic) bond motifs is 2. The van der Waals surface area contributed by atoms with E-state index < -0.39 is 6.09 Å². The highest BCUT2D eigenvalue weighted by atomic mass is 16.6. The lowest BCUT2D eigenvalue weighted by Crippen LogP contribution is -2.47. The van der Waals surface area contributed by atoms with Crippen molar-refractivity contribution >= 4 is 17.3 Å². The van der Waals surface area contributed by atoms with Crippen molar-refractivity contribution in [3.05, 3.63) is 58.6 Å². The minimum Gasteiger partial charge on any atom is -0.486 e. The first-order chi connectivity index (χ1) is 16.6. The zero-order valence-electron chi connectivity index (χ0n) is 18.8. The summed E-state index contributed by atoms with van der Waals surface area (Å²) in [5, 5.41) is 9.88. The number of pyridine rings is 1. The second kappa shape index (κ2) is 9.68. The first-order valence-corrected chi connectivity index (χ1v) is 11.5. The van der Waals surface area contributed by atoms with Gasteiger partial charge in [-0.15, -0.1) is 0 Å². The zero-order chi connectivity index (χ0) is 23.5. The van der Waals surface area contributed by atoms with E-state index >= 15 is 0 Å². The summed E-state index contributed by atoms with van der Waals surface area (Å²) >= 11 is 0. The number of ether oxygens (including phenoxy) is 2. The van der Waals surface area contributed by atoms with Crippen LogP contribution in [0, 0.1) is 0 Å². The molecule has 2 aromatic heterocycles. The Bertz CT molecular complexity index is 1240. The lowest BCUT2D eigenvalue weighted by atomic mass is 10.0. The number of hydrogen-bond donors (Lipinski definition) is 1. The van der Waals surface area contributed by atoms with E-state index in [1.54, 1.807) is 16.8 Å². The summed E-state index contributed by atoms with van der Waals surface area (Å²) < 4.78 is 12.8. The second-order valence-corrected chi connectivity index (χ2v) is 8.56. The van der Waals surface area contributed by atoms with E-state index in [0.717, 1.165) is 31.5 Å². The third kappa shape index (κ3) is 4.67. The molecule has 1 N–H and O–H groups in total. The molecule has 5 rings (SSSR count). The van der Waals surface area contributed by atoms with Crippen LogP contribution in [-0.2, 0) is 13.1 Å². The van der Waals surface area contributed by atoms with Crippen LogP contribution >= 0.6 is 0 Å². The number of amides is 1. The molecule has 0 spiro atoms. The predicted octanol–water partition coefficient (Wildman–Crippen LogP) is 2.21. The highest BCUT2D eigenvalue weighted by Crippen LogP contribution is 2.31. The Labute approximate surface area is 196 Å². The van der Waals surface area contributed by atoms with Crippen LogP contribution in [0.25, 0.3) is 11.2 Å². The van der Waals surface area contributed by atoms with Crippen molar-refractivity contribution in [3.8, 4) is 11.5 Å². The molecule has 0 radical (unpaired) electrons. The molecule has 4 heterocycles. The number of carbonyl (C=O) groups is 1. The molecule has 34 heavy (non-hydrogen) atoms. The largest absolute Gasteiger partial charge is 0.486 e. The van der Waals surface area contributed by atoms with Gasteiger partial charge in [-0.25, -0.2) is 14.8 Å². The monoisotopic (exact) mass is 465 g/mol. The third-order valence-electron chi connectivity index (χ3n) is 6.44. The van der Waals surface area contributed by atoms with Crippen molar-refractivity contribution in [2.24, 2.45) is 0 Å². The minimum absolute atomic E-state index is 0.0619.